The van der Waals surface area contributed by atoms with Crippen LogP contribution in [0.5, 0.6) is 11.5 Å². The van der Waals surface area contributed by atoms with Crippen molar-refractivity contribution in [2.45, 2.75) is 44.3 Å². The van der Waals surface area contributed by atoms with E-state index in [0.717, 1.165) is 31.2 Å². The van der Waals surface area contributed by atoms with E-state index < -0.39 is 6.04 Å². The van der Waals surface area contributed by atoms with Crippen LogP contribution in [-0.2, 0) is 11.3 Å². The summed E-state index contributed by atoms with van der Waals surface area (Å²) in [6, 6.07) is 17.3. The highest BCUT2D eigenvalue weighted by atomic mass is 16.5. The molecule has 0 saturated heterocycles. The maximum absolute atomic E-state index is 13.7. The lowest BCUT2D eigenvalue weighted by atomic mass is 10.0. The molecule has 7 nitrogen and oxygen atoms in total. The van der Waals surface area contributed by atoms with Crippen molar-refractivity contribution in [1.29, 1.82) is 0 Å². The first kappa shape index (κ1) is 23.4. The highest BCUT2D eigenvalue weighted by Gasteiger charge is 2.35. The Balaban J connectivity index is 1.76. The van der Waals surface area contributed by atoms with Crippen LogP contribution in [0.3, 0.4) is 0 Å². The normalized spacial score (nSPS) is 14.4. The first-order valence-corrected chi connectivity index (χ1v) is 11.5. The highest BCUT2D eigenvalue weighted by molar-refractivity contribution is 5.96. The van der Waals surface area contributed by atoms with Gasteiger partial charge < -0.3 is 24.1 Å². The van der Waals surface area contributed by atoms with Gasteiger partial charge in [-0.25, -0.2) is 0 Å². The van der Waals surface area contributed by atoms with Gasteiger partial charge in [0.15, 0.2) is 5.76 Å². The summed E-state index contributed by atoms with van der Waals surface area (Å²) in [6.45, 7) is 0.191. The summed E-state index contributed by atoms with van der Waals surface area (Å²) in [7, 11) is 3.17. The van der Waals surface area contributed by atoms with Crippen molar-refractivity contribution >= 4 is 11.8 Å². The van der Waals surface area contributed by atoms with E-state index in [1.807, 2.05) is 42.5 Å². The summed E-state index contributed by atoms with van der Waals surface area (Å²) >= 11 is 0. The Labute approximate surface area is 199 Å². The molecule has 178 valence electrons. The fourth-order valence-electron chi connectivity index (χ4n) is 4.42. The molecule has 4 rings (SSSR count). The zero-order valence-corrected chi connectivity index (χ0v) is 19.5. The molecule has 1 aliphatic carbocycles. The Morgan fingerprint density at radius 1 is 1.00 bits per heavy atom. The average molecular weight is 463 g/mol. The van der Waals surface area contributed by atoms with Gasteiger partial charge in [-0.3, -0.25) is 9.59 Å². The van der Waals surface area contributed by atoms with Crippen molar-refractivity contribution in [2.75, 3.05) is 14.2 Å². The number of ether oxygens (including phenoxy) is 2. The third kappa shape index (κ3) is 5.42. The van der Waals surface area contributed by atoms with Crippen LogP contribution < -0.4 is 14.8 Å². The van der Waals surface area contributed by atoms with E-state index in [4.69, 9.17) is 13.9 Å². The van der Waals surface area contributed by atoms with Gasteiger partial charge >= 0.3 is 0 Å². The third-order valence-corrected chi connectivity index (χ3v) is 6.15. The molecule has 1 N–H and O–H groups in total. The standard InChI is InChI=1S/C27H30N2O5/c1-32-22-12-5-8-19(16-22)18-29(27(31)24-14-7-15-34-24)25(20-9-6-13-23(17-20)33-2)26(30)28-21-10-3-4-11-21/h5-9,12-17,21,25H,3-4,10-11,18H2,1-2H3,(H,28,30)/t25-/m1/s1. The van der Waals surface area contributed by atoms with Gasteiger partial charge in [-0.05, 0) is 60.4 Å². The summed E-state index contributed by atoms with van der Waals surface area (Å²) < 4.78 is 16.2. The van der Waals surface area contributed by atoms with Gasteiger partial charge in [-0.1, -0.05) is 37.1 Å². The number of hydrogen-bond acceptors (Lipinski definition) is 5. The number of methoxy groups -OCH3 is 2. The molecule has 0 aliphatic heterocycles. The molecule has 7 heteroatoms. The number of carbonyl (C=O) groups is 2. The van der Waals surface area contributed by atoms with Crippen LogP contribution in [0, 0.1) is 0 Å². The number of amides is 2. The molecule has 0 bridgehead atoms. The van der Waals surface area contributed by atoms with Crippen molar-refractivity contribution in [2.24, 2.45) is 0 Å². The smallest absolute Gasteiger partial charge is 0.290 e. The van der Waals surface area contributed by atoms with E-state index in [-0.39, 0.29) is 30.2 Å². The summed E-state index contributed by atoms with van der Waals surface area (Å²) in [5, 5.41) is 3.17. The topological polar surface area (TPSA) is 81.0 Å². The highest BCUT2D eigenvalue weighted by Crippen LogP contribution is 2.30. The van der Waals surface area contributed by atoms with Crippen LogP contribution in [0.1, 0.15) is 53.4 Å². The molecular formula is C27H30N2O5. The van der Waals surface area contributed by atoms with Crippen molar-refractivity contribution in [1.82, 2.24) is 10.2 Å². The fraction of sp³-hybridized carbons (Fsp3) is 0.333. The Hall–Kier alpha value is -3.74. The second kappa shape index (κ2) is 10.9. The minimum atomic E-state index is -0.875. The van der Waals surface area contributed by atoms with E-state index >= 15 is 0 Å². The van der Waals surface area contributed by atoms with Gasteiger partial charge in [0.1, 0.15) is 17.5 Å². The molecule has 1 aromatic heterocycles. The van der Waals surface area contributed by atoms with Crippen LogP contribution in [0.4, 0.5) is 0 Å². The Bertz CT molecular complexity index is 1110. The van der Waals surface area contributed by atoms with Crippen LogP contribution in [0.25, 0.3) is 0 Å². The molecule has 0 radical (unpaired) electrons. The minimum Gasteiger partial charge on any atom is -0.497 e. The Morgan fingerprint density at radius 3 is 2.38 bits per heavy atom. The Morgan fingerprint density at radius 2 is 1.71 bits per heavy atom. The monoisotopic (exact) mass is 462 g/mol. The van der Waals surface area contributed by atoms with Crippen LogP contribution in [0.15, 0.2) is 71.3 Å². The molecule has 1 fully saturated rings. The van der Waals surface area contributed by atoms with Crippen molar-refractivity contribution < 1.29 is 23.5 Å². The van der Waals surface area contributed by atoms with Gasteiger partial charge in [-0.2, -0.15) is 0 Å². The number of hydrogen-bond donors (Lipinski definition) is 1. The second-order valence-electron chi connectivity index (χ2n) is 8.43. The number of rotatable bonds is 9. The molecular weight excluding hydrogens is 432 g/mol. The molecule has 3 aromatic rings. The molecule has 34 heavy (non-hydrogen) atoms. The largest absolute Gasteiger partial charge is 0.497 e. The quantitative estimate of drug-likeness (QED) is 0.497. The number of benzene rings is 2. The zero-order chi connectivity index (χ0) is 23.9. The molecule has 2 aromatic carbocycles. The maximum Gasteiger partial charge on any atom is 0.290 e. The molecule has 1 saturated carbocycles. The van der Waals surface area contributed by atoms with E-state index in [9.17, 15) is 9.59 Å². The molecule has 0 unspecified atom stereocenters. The molecule has 1 heterocycles. The average Bonchev–Trinajstić information content (AvgIpc) is 3.58. The molecule has 1 aliphatic rings. The zero-order valence-electron chi connectivity index (χ0n) is 19.5. The van der Waals surface area contributed by atoms with E-state index in [1.54, 1.807) is 37.3 Å². The summed E-state index contributed by atoms with van der Waals surface area (Å²) in [5.74, 6) is 0.869. The first-order chi connectivity index (χ1) is 16.6. The summed E-state index contributed by atoms with van der Waals surface area (Å²) in [5.41, 5.74) is 1.50. The lowest BCUT2D eigenvalue weighted by molar-refractivity contribution is -0.126. The number of nitrogens with zero attached hydrogens (tertiary/aromatic N) is 1. The van der Waals surface area contributed by atoms with Gasteiger partial charge in [0.05, 0.1) is 20.5 Å². The lowest BCUT2D eigenvalue weighted by Gasteiger charge is -2.32. The molecule has 0 spiro atoms. The van der Waals surface area contributed by atoms with Crippen molar-refractivity contribution in [3.8, 4) is 11.5 Å². The lowest BCUT2D eigenvalue weighted by Crippen LogP contribution is -2.45. The number of carbonyl (C=O) groups excluding carboxylic acids is 2. The SMILES string of the molecule is COc1cccc(CN(C(=O)c2ccco2)[C@@H](C(=O)NC2CCCC2)c2cccc(OC)c2)c1. The number of furan rings is 1. The summed E-state index contributed by atoms with van der Waals surface area (Å²) in [4.78, 5) is 28.9. The van der Waals surface area contributed by atoms with Crippen LogP contribution in [0.2, 0.25) is 0 Å². The van der Waals surface area contributed by atoms with Crippen molar-refractivity contribution in [3.05, 3.63) is 83.8 Å². The van der Waals surface area contributed by atoms with E-state index in [0.29, 0.717) is 17.1 Å². The predicted octanol–water partition coefficient (Wildman–Crippen LogP) is 4.74. The van der Waals surface area contributed by atoms with E-state index in [2.05, 4.69) is 5.32 Å². The summed E-state index contributed by atoms with van der Waals surface area (Å²) in [6.07, 6.45) is 5.52. The van der Waals surface area contributed by atoms with E-state index in [1.165, 1.54) is 6.26 Å². The minimum absolute atomic E-state index is 0.109. The third-order valence-electron chi connectivity index (χ3n) is 6.15. The fourth-order valence-corrected chi connectivity index (χ4v) is 4.42. The van der Waals surface area contributed by atoms with Gasteiger partial charge in [0, 0.05) is 12.6 Å². The second-order valence-corrected chi connectivity index (χ2v) is 8.43. The first-order valence-electron chi connectivity index (χ1n) is 11.5. The van der Waals surface area contributed by atoms with Crippen LogP contribution in [-0.4, -0.2) is 37.0 Å². The van der Waals surface area contributed by atoms with Crippen LogP contribution >= 0.6 is 0 Å². The number of nitrogens with one attached hydrogen (secondary N) is 1. The van der Waals surface area contributed by atoms with Gasteiger partial charge in [-0.15, -0.1) is 0 Å². The molecule has 1 atom stereocenters. The molecule has 2 amide bonds. The van der Waals surface area contributed by atoms with Crippen molar-refractivity contribution in [3.63, 3.8) is 0 Å². The van der Waals surface area contributed by atoms with Gasteiger partial charge in [0.25, 0.3) is 5.91 Å². The Kier molecular flexibility index (Phi) is 7.52. The van der Waals surface area contributed by atoms with Gasteiger partial charge in [0.2, 0.25) is 5.91 Å². The predicted molar refractivity (Wildman–Crippen MR) is 128 cm³/mol. The maximum atomic E-state index is 13.7.